The van der Waals surface area contributed by atoms with Crippen molar-refractivity contribution in [2.24, 2.45) is 9.98 Å². The summed E-state index contributed by atoms with van der Waals surface area (Å²) in [6.07, 6.45) is 11.5. The van der Waals surface area contributed by atoms with Gasteiger partial charge in [0.15, 0.2) is 0 Å². The van der Waals surface area contributed by atoms with Gasteiger partial charge >= 0.3 is 0 Å². The molecular formula is C24H20N2. The molecule has 0 atom stereocenters. The minimum Gasteiger partial charge on any atom is -0.257 e. The zero-order valence-corrected chi connectivity index (χ0v) is 14.4. The molecule has 0 fully saturated rings. The van der Waals surface area contributed by atoms with Gasteiger partial charge in [0, 0.05) is 12.4 Å². The molecule has 0 aliphatic heterocycles. The van der Waals surface area contributed by atoms with Gasteiger partial charge in [-0.25, -0.2) is 0 Å². The molecule has 0 radical (unpaired) electrons. The zero-order valence-electron chi connectivity index (χ0n) is 14.4. The van der Waals surface area contributed by atoms with E-state index in [0.717, 1.165) is 22.5 Å². The van der Waals surface area contributed by atoms with Crippen LogP contribution in [-0.2, 0) is 0 Å². The second-order valence-electron chi connectivity index (χ2n) is 5.62. The molecule has 0 aliphatic carbocycles. The predicted octanol–water partition coefficient (Wildman–Crippen LogP) is 6.52. The molecule has 0 aromatic heterocycles. The fourth-order valence-corrected chi connectivity index (χ4v) is 2.35. The second-order valence-corrected chi connectivity index (χ2v) is 5.62. The SMILES string of the molecule is C(=Cc1ccccc1)C=Nc1cccc(N=CC=Cc2ccccc2)c1. The molecule has 0 spiro atoms. The summed E-state index contributed by atoms with van der Waals surface area (Å²) in [6.45, 7) is 0. The van der Waals surface area contributed by atoms with E-state index in [1.54, 1.807) is 12.4 Å². The van der Waals surface area contributed by atoms with Crippen LogP contribution < -0.4 is 0 Å². The highest BCUT2D eigenvalue weighted by molar-refractivity contribution is 5.82. The molecule has 0 amide bonds. The summed E-state index contributed by atoms with van der Waals surface area (Å²) in [5, 5.41) is 0. The fourth-order valence-electron chi connectivity index (χ4n) is 2.35. The highest BCUT2D eigenvalue weighted by Crippen LogP contribution is 2.19. The average Bonchev–Trinajstić information content (AvgIpc) is 2.71. The molecule has 0 bridgehead atoms. The molecular weight excluding hydrogens is 316 g/mol. The molecule has 0 unspecified atom stereocenters. The lowest BCUT2D eigenvalue weighted by Gasteiger charge is -1.95. The third kappa shape index (κ3) is 5.84. The van der Waals surface area contributed by atoms with Gasteiger partial charge < -0.3 is 0 Å². The van der Waals surface area contributed by atoms with Gasteiger partial charge in [-0.1, -0.05) is 78.9 Å². The van der Waals surface area contributed by atoms with Gasteiger partial charge in [-0.3, -0.25) is 9.98 Å². The molecule has 0 heterocycles. The van der Waals surface area contributed by atoms with Crippen LogP contribution in [0.4, 0.5) is 11.4 Å². The standard InChI is InChI=1S/C24H20N2/c1-3-10-21(11-4-1)14-8-18-25-23-16-7-17-24(20-23)26-19-9-15-22-12-5-2-6-13-22/h1-20H. The number of hydrogen-bond donors (Lipinski definition) is 0. The van der Waals surface area contributed by atoms with E-state index in [1.807, 2.05) is 85.0 Å². The van der Waals surface area contributed by atoms with Crippen molar-refractivity contribution in [3.63, 3.8) is 0 Å². The first kappa shape index (κ1) is 17.3. The van der Waals surface area contributed by atoms with Crippen molar-refractivity contribution in [2.75, 3.05) is 0 Å². The Morgan fingerprint density at radius 1 is 0.500 bits per heavy atom. The molecule has 3 aromatic rings. The van der Waals surface area contributed by atoms with Crippen molar-refractivity contribution in [3.05, 3.63) is 108 Å². The van der Waals surface area contributed by atoms with Crippen LogP contribution in [0.25, 0.3) is 12.2 Å². The van der Waals surface area contributed by atoms with Gasteiger partial charge in [0.2, 0.25) is 0 Å². The predicted molar refractivity (Wildman–Crippen MR) is 114 cm³/mol. The van der Waals surface area contributed by atoms with Gasteiger partial charge in [0.25, 0.3) is 0 Å². The van der Waals surface area contributed by atoms with E-state index in [0.29, 0.717) is 0 Å². The van der Waals surface area contributed by atoms with Crippen LogP contribution in [0.5, 0.6) is 0 Å². The van der Waals surface area contributed by atoms with Crippen LogP contribution in [0.1, 0.15) is 11.1 Å². The summed E-state index contributed by atoms with van der Waals surface area (Å²) in [6, 6.07) is 28.2. The smallest absolute Gasteiger partial charge is 0.0651 e. The maximum Gasteiger partial charge on any atom is 0.0651 e. The summed E-state index contributed by atoms with van der Waals surface area (Å²) in [4.78, 5) is 8.91. The van der Waals surface area contributed by atoms with Gasteiger partial charge in [0.1, 0.15) is 0 Å². The Kier molecular flexibility index (Phi) is 6.46. The van der Waals surface area contributed by atoms with Crippen molar-refractivity contribution in [1.29, 1.82) is 0 Å². The topological polar surface area (TPSA) is 24.7 Å². The third-order valence-electron chi connectivity index (χ3n) is 3.63. The number of aliphatic imine (C=N–C) groups is 2. The molecule has 2 heteroatoms. The summed E-state index contributed by atoms with van der Waals surface area (Å²) < 4.78 is 0. The molecule has 2 nitrogen and oxygen atoms in total. The van der Waals surface area contributed by atoms with Gasteiger partial charge in [-0.2, -0.15) is 0 Å². The van der Waals surface area contributed by atoms with Crippen LogP contribution in [0.2, 0.25) is 0 Å². The molecule has 126 valence electrons. The van der Waals surface area contributed by atoms with Crippen LogP contribution in [0, 0.1) is 0 Å². The number of rotatable bonds is 6. The lowest BCUT2D eigenvalue weighted by atomic mass is 10.2. The number of benzene rings is 3. The van der Waals surface area contributed by atoms with Crippen LogP contribution >= 0.6 is 0 Å². The first-order valence-corrected chi connectivity index (χ1v) is 8.52. The Morgan fingerprint density at radius 3 is 1.42 bits per heavy atom. The Hall–Kier alpha value is -3.52. The summed E-state index contributed by atoms with van der Waals surface area (Å²) in [5.74, 6) is 0. The lowest BCUT2D eigenvalue weighted by Crippen LogP contribution is -1.72. The molecule has 3 aromatic carbocycles. The highest BCUT2D eigenvalue weighted by Gasteiger charge is 1.90. The van der Waals surface area contributed by atoms with E-state index >= 15 is 0 Å². The zero-order chi connectivity index (χ0) is 17.9. The maximum absolute atomic E-state index is 4.45. The molecule has 0 N–H and O–H groups in total. The summed E-state index contributed by atoms with van der Waals surface area (Å²) in [5.41, 5.74) is 4.07. The van der Waals surface area contributed by atoms with Crippen molar-refractivity contribution in [1.82, 2.24) is 0 Å². The van der Waals surface area contributed by atoms with Crippen LogP contribution in [0.3, 0.4) is 0 Å². The van der Waals surface area contributed by atoms with Crippen molar-refractivity contribution in [3.8, 4) is 0 Å². The number of allylic oxidation sites excluding steroid dienone is 2. The van der Waals surface area contributed by atoms with E-state index in [4.69, 9.17) is 0 Å². The van der Waals surface area contributed by atoms with Crippen molar-refractivity contribution >= 4 is 36.0 Å². The van der Waals surface area contributed by atoms with Crippen molar-refractivity contribution < 1.29 is 0 Å². The lowest BCUT2D eigenvalue weighted by molar-refractivity contribution is 1.49. The van der Waals surface area contributed by atoms with Crippen molar-refractivity contribution in [2.45, 2.75) is 0 Å². The quantitative estimate of drug-likeness (QED) is 0.458. The molecule has 0 aliphatic rings. The monoisotopic (exact) mass is 336 g/mol. The minimum atomic E-state index is 0.879. The average molecular weight is 336 g/mol. The summed E-state index contributed by atoms with van der Waals surface area (Å²) >= 11 is 0. The Morgan fingerprint density at radius 2 is 0.962 bits per heavy atom. The fraction of sp³-hybridized carbons (Fsp3) is 0. The van der Waals surface area contributed by atoms with Crippen LogP contribution in [0.15, 0.2) is 107 Å². The van der Waals surface area contributed by atoms with E-state index in [1.165, 1.54) is 0 Å². The summed E-state index contributed by atoms with van der Waals surface area (Å²) in [7, 11) is 0. The first-order chi connectivity index (χ1) is 12.9. The van der Waals surface area contributed by atoms with Gasteiger partial charge in [-0.05, 0) is 41.5 Å². The normalized spacial score (nSPS) is 12.0. The molecule has 3 rings (SSSR count). The Labute approximate surface area is 154 Å². The molecule has 26 heavy (non-hydrogen) atoms. The van der Waals surface area contributed by atoms with Gasteiger partial charge in [0.05, 0.1) is 11.4 Å². The minimum absolute atomic E-state index is 0.879. The van der Waals surface area contributed by atoms with Crippen LogP contribution in [-0.4, -0.2) is 12.4 Å². The van der Waals surface area contributed by atoms with E-state index in [2.05, 4.69) is 34.3 Å². The third-order valence-corrected chi connectivity index (χ3v) is 3.63. The second kappa shape index (κ2) is 9.70. The largest absolute Gasteiger partial charge is 0.257 e. The molecule has 0 saturated heterocycles. The first-order valence-electron chi connectivity index (χ1n) is 8.52. The van der Waals surface area contributed by atoms with E-state index in [-0.39, 0.29) is 0 Å². The Balaban J connectivity index is 1.59. The van der Waals surface area contributed by atoms with Gasteiger partial charge in [-0.15, -0.1) is 0 Å². The number of hydrogen-bond acceptors (Lipinski definition) is 2. The molecule has 0 saturated carbocycles. The Bertz CT molecular complexity index is 846. The highest BCUT2D eigenvalue weighted by atomic mass is 14.7. The van der Waals surface area contributed by atoms with E-state index < -0.39 is 0 Å². The number of nitrogens with zero attached hydrogens (tertiary/aromatic N) is 2. The van der Waals surface area contributed by atoms with E-state index in [9.17, 15) is 0 Å². The maximum atomic E-state index is 4.45.